The summed E-state index contributed by atoms with van der Waals surface area (Å²) in [6.45, 7) is 4.02. The second kappa shape index (κ2) is 11.4. The molecule has 33 heavy (non-hydrogen) atoms. The summed E-state index contributed by atoms with van der Waals surface area (Å²) in [6.07, 6.45) is -0.188. The van der Waals surface area contributed by atoms with Crippen molar-refractivity contribution in [3.8, 4) is 17.2 Å². The Bertz CT molecular complexity index is 1040. The summed E-state index contributed by atoms with van der Waals surface area (Å²) in [5.74, 6) is 1.51. The van der Waals surface area contributed by atoms with Gasteiger partial charge in [-0.05, 0) is 55.3 Å². The van der Waals surface area contributed by atoms with Gasteiger partial charge in [0.1, 0.15) is 5.75 Å². The molecule has 0 aromatic heterocycles. The molecule has 1 fully saturated rings. The zero-order chi connectivity index (χ0) is 23.8. The summed E-state index contributed by atoms with van der Waals surface area (Å²) in [7, 11) is -0.575. The predicted molar refractivity (Wildman–Crippen MR) is 122 cm³/mol. The van der Waals surface area contributed by atoms with E-state index >= 15 is 0 Å². The largest absolute Gasteiger partial charge is 0.493 e. The van der Waals surface area contributed by atoms with Crippen LogP contribution in [0.15, 0.2) is 47.4 Å². The van der Waals surface area contributed by atoms with E-state index in [2.05, 4.69) is 4.72 Å². The van der Waals surface area contributed by atoms with Gasteiger partial charge in [-0.15, -0.1) is 0 Å². The van der Waals surface area contributed by atoms with Crippen molar-refractivity contribution in [2.45, 2.75) is 24.3 Å². The first kappa shape index (κ1) is 24.8. The Morgan fingerprint density at radius 1 is 1.06 bits per heavy atom. The van der Waals surface area contributed by atoms with Crippen molar-refractivity contribution >= 4 is 15.9 Å². The molecular weight excluding hydrogens is 448 g/mol. The van der Waals surface area contributed by atoms with Crippen molar-refractivity contribution in [1.82, 2.24) is 9.62 Å². The first-order valence-corrected chi connectivity index (χ1v) is 12.2. The van der Waals surface area contributed by atoms with Gasteiger partial charge in [-0.1, -0.05) is 6.07 Å². The minimum atomic E-state index is -3.69. The fourth-order valence-electron chi connectivity index (χ4n) is 3.44. The van der Waals surface area contributed by atoms with Crippen LogP contribution in [0.3, 0.4) is 0 Å². The summed E-state index contributed by atoms with van der Waals surface area (Å²) in [4.78, 5) is 14.3. The maximum Gasteiger partial charge on any atom is 0.263 e. The average Bonchev–Trinajstić information content (AvgIpc) is 2.84. The molecule has 10 heteroatoms. The molecule has 1 aliphatic heterocycles. The van der Waals surface area contributed by atoms with Crippen LogP contribution < -0.4 is 18.9 Å². The summed E-state index contributed by atoms with van der Waals surface area (Å²) >= 11 is 0. The number of hydrogen-bond acceptors (Lipinski definition) is 7. The standard InChI is InChI=1S/C23H30N2O7S/c1-17(23(26)25-12-14-31-15-13-25)32-19-5-7-20(8-6-19)33(27,28)24-11-10-18-4-9-21(29-2)22(16-18)30-3/h4-9,16-17,24H,10-15H2,1-3H3/t17-/m0/s1. The third-order valence-electron chi connectivity index (χ3n) is 5.27. The van der Waals surface area contributed by atoms with Gasteiger partial charge in [-0.3, -0.25) is 4.79 Å². The number of amides is 1. The minimum Gasteiger partial charge on any atom is -0.493 e. The van der Waals surface area contributed by atoms with Gasteiger partial charge in [0.25, 0.3) is 5.91 Å². The van der Waals surface area contributed by atoms with Gasteiger partial charge in [-0.25, -0.2) is 13.1 Å². The first-order chi connectivity index (χ1) is 15.8. The Morgan fingerprint density at radius 3 is 2.36 bits per heavy atom. The maximum atomic E-state index is 12.6. The third kappa shape index (κ3) is 6.59. The molecule has 180 valence electrons. The van der Waals surface area contributed by atoms with Gasteiger partial charge < -0.3 is 23.8 Å². The van der Waals surface area contributed by atoms with E-state index in [1.165, 1.54) is 12.1 Å². The highest BCUT2D eigenvalue weighted by atomic mass is 32.2. The number of methoxy groups -OCH3 is 2. The van der Waals surface area contributed by atoms with Crippen LogP contribution in [0, 0.1) is 0 Å². The highest BCUT2D eigenvalue weighted by Gasteiger charge is 2.24. The van der Waals surface area contributed by atoms with E-state index in [1.54, 1.807) is 44.2 Å². The Kier molecular flexibility index (Phi) is 8.54. The van der Waals surface area contributed by atoms with Gasteiger partial charge in [0.05, 0.1) is 32.3 Å². The number of morpholine rings is 1. The van der Waals surface area contributed by atoms with Crippen LogP contribution in [0.1, 0.15) is 12.5 Å². The lowest BCUT2D eigenvalue weighted by Gasteiger charge is -2.29. The lowest BCUT2D eigenvalue weighted by atomic mass is 10.1. The molecule has 9 nitrogen and oxygen atoms in total. The molecule has 3 rings (SSSR count). The van der Waals surface area contributed by atoms with Crippen molar-refractivity contribution < 1.29 is 32.2 Å². The van der Waals surface area contributed by atoms with E-state index in [-0.39, 0.29) is 17.3 Å². The highest BCUT2D eigenvalue weighted by molar-refractivity contribution is 7.89. The number of nitrogens with one attached hydrogen (secondary N) is 1. The quantitative estimate of drug-likeness (QED) is 0.556. The Balaban J connectivity index is 1.54. The summed E-state index contributed by atoms with van der Waals surface area (Å²) in [6, 6.07) is 11.5. The molecule has 1 heterocycles. The van der Waals surface area contributed by atoms with E-state index < -0.39 is 16.1 Å². The minimum absolute atomic E-state index is 0.119. The zero-order valence-electron chi connectivity index (χ0n) is 19.1. The maximum absolute atomic E-state index is 12.6. The number of carbonyl (C=O) groups is 1. The Labute approximate surface area is 194 Å². The summed E-state index contributed by atoms with van der Waals surface area (Å²) in [5.41, 5.74) is 0.915. The smallest absolute Gasteiger partial charge is 0.263 e. The number of carbonyl (C=O) groups excluding carboxylic acids is 1. The molecule has 0 saturated carbocycles. The average molecular weight is 479 g/mol. The molecule has 1 aliphatic rings. The van der Waals surface area contributed by atoms with Gasteiger partial charge in [0.2, 0.25) is 10.0 Å². The molecule has 1 saturated heterocycles. The summed E-state index contributed by atoms with van der Waals surface area (Å²) < 4.78 is 49.3. The lowest BCUT2D eigenvalue weighted by Crippen LogP contribution is -2.46. The highest BCUT2D eigenvalue weighted by Crippen LogP contribution is 2.27. The van der Waals surface area contributed by atoms with Crippen LogP contribution in [0.25, 0.3) is 0 Å². The van der Waals surface area contributed by atoms with Crippen molar-refractivity contribution in [3.63, 3.8) is 0 Å². The van der Waals surface area contributed by atoms with Crippen molar-refractivity contribution in [3.05, 3.63) is 48.0 Å². The van der Waals surface area contributed by atoms with Crippen molar-refractivity contribution in [1.29, 1.82) is 0 Å². The van der Waals surface area contributed by atoms with E-state index in [9.17, 15) is 13.2 Å². The van der Waals surface area contributed by atoms with Crippen LogP contribution in [-0.2, 0) is 26.0 Å². The second-order valence-electron chi connectivity index (χ2n) is 7.51. The Morgan fingerprint density at radius 2 is 1.73 bits per heavy atom. The normalized spacial score (nSPS) is 15.1. The van der Waals surface area contributed by atoms with Gasteiger partial charge in [0, 0.05) is 19.6 Å². The number of nitrogens with zero attached hydrogens (tertiary/aromatic N) is 1. The number of sulfonamides is 1. The predicted octanol–water partition coefficient (Wildman–Crippen LogP) is 1.85. The Hall–Kier alpha value is -2.82. The van der Waals surface area contributed by atoms with Crippen molar-refractivity contribution in [2.75, 3.05) is 47.1 Å². The molecule has 1 N–H and O–H groups in total. The van der Waals surface area contributed by atoms with E-state index in [0.29, 0.717) is 50.0 Å². The molecule has 2 aromatic rings. The van der Waals surface area contributed by atoms with Gasteiger partial charge in [-0.2, -0.15) is 0 Å². The molecule has 2 aromatic carbocycles. The number of hydrogen-bond donors (Lipinski definition) is 1. The van der Waals surface area contributed by atoms with E-state index in [1.807, 2.05) is 12.1 Å². The van der Waals surface area contributed by atoms with E-state index in [4.69, 9.17) is 18.9 Å². The SMILES string of the molecule is COc1ccc(CCNS(=O)(=O)c2ccc(O[C@@H](C)C(=O)N3CCOCC3)cc2)cc1OC. The molecule has 0 bridgehead atoms. The van der Waals surface area contributed by atoms with Crippen molar-refractivity contribution in [2.24, 2.45) is 0 Å². The van der Waals surface area contributed by atoms with Crippen LogP contribution in [0.4, 0.5) is 0 Å². The second-order valence-corrected chi connectivity index (χ2v) is 9.27. The van der Waals surface area contributed by atoms with Gasteiger partial charge in [0.15, 0.2) is 17.6 Å². The third-order valence-corrected chi connectivity index (χ3v) is 6.75. The van der Waals surface area contributed by atoms with Crippen LogP contribution in [-0.4, -0.2) is 72.4 Å². The zero-order valence-corrected chi connectivity index (χ0v) is 19.9. The lowest BCUT2D eigenvalue weighted by molar-refractivity contribution is -0.142. The molecule has 0 spiro atoms. The molecular formula is C23H30N2O7S. The van der Waals surface area contributed by atoms with E-state index in [0.717, 1.165) is 5.56 Å². The monoisotopic (exact) mass is 478 g/mol. The molecule has 0 aliphatic carbocycles. The topological polar surface area (TPSA) is 103 Å². The fourth-order valence-corrected chi connectivity index (χ4v) is 4.47. The number of benzene rings is 2. The summed E-state index contributed by atoms with van der Waals surface area (Å²) in [5, 5.41) is 0. The van der Waals surface area contributed by atoms with Gasteiger partial charge >= 0.3 is 0 Å². The number of ether oxygens (including phenoxy) is 4. The fraction of sp³-hybridized carbons (Fsp3) is 0.435. The molecule has 0 radical (unpaired) electrons. The molecule has 1 atom stereocenters. The van der Waals surface area contributed by atoms with Crippen LogP contribution in [0.2, 0.25) is 0 Å². The molecule has 1 amide bonds. The van der Waals surface area contributed by atoms with Crippen LogP contribution in [0.5, 0.6) is 17.2 Å². The van der Waals surface area contributed by atoms with Crippen LogP contribution >= 0.6 is 0 Å². The molecule has 0 unspecified atom stereocenters. The number of rotatable bonds is 10. The first-order valence-electron chi connectivity index (χ1n) is 10.7.